The standard InChI is InChI=1S/C16H13ClN6OS/c1-24-13-4-3-10(17)7-12(13)14-20-16(22-21-14)25-9-11-8-23-6-2-5-18-15(23)19-11/h2-8H,9H2,1H3,(H,20,21,22). The molecule has 4 aromatic rings. The number of imidazole rings is 1. The Balaban J connectivity index is 1.52. The first-order valence-electron chi connectivity index (χ1n) is 7.40. The molecule has 0 bridgehead atoms. The van der Waals surface area contributed by atoms with Crippen molar-refractivity contribution in [3.05, 3.63) is 53.6 Å². The van der Waals surface area contributed by atoms with Gasteiger partial charge in [0.25, 0.3) is 0 Å². The zero-order valence-electron chi connectivity index (χ0n) is 13.2. The van der Waals surface area contributed by atoms with Crippen LogP contribution in [0.5, 0.6) is 5.75 Å². The number of hydrogen-bond acceptors (Lipinski definition) is 6. The number of rotatable bonds is 5. The number of ether oxygens (including phenoxy) is 1. The molecule has 4 rings (SSSR count). The predicted molar refractivity (Wildman–Crippen MR) is 95.9 cm³/mol. The molecule has 0 spiro atoms. The molecule has 9 heteroatoms. The van der Waals surface area contributed by atoms with Gasteiger partial charge in [-0.15, -0.1) is 5.10 Å². The van der Waals surface area contributed by atoms with Gasteiger partial charge < -0.3 is 4.74 Å². The number of hydrogen-bond donors (Lipinski definition) is 1. The molecule has 0 atom stereocenters. The summed E-state index contributed by atoms with van der Waals surface area (Å²) < 4.78 is 7.24. The van der Waals surface area contributed by atoms with E-state index in [4.69, 9.17) is 16.3 Å². The van der Waals surface area contributed by atoms with E-state index in [0.717, 1.165) is 11.3 Å². The summed E-state index contributed by atoms with van der Waals surface area (Å²) in [4.78, 5) is 13.2. The molecule has 0 unspecified atom stereocenters. The van der Waals surface area contributed by atoms with Crippen LogP contribution in [0.15, 0.2) is 48.0 Å². The molecule has 3 aromatic heterocycles. The molecule has 7 nitrogen and oxygen atoms in total. The van der Waals surface area contributed by atoms with Gasteiger partial charge >= 0.3 is 0 Å². The van der Waals surface area contributed by atoms with Gasteiger partial charge in [-0.2, -0.15) is 0 Å². The van der Waals surface area contributed by atoms with Crippen LogP contribution in [0.3, 0.4) is 0 Å². The minimum Gasteiger partial charge on any atom is -0.496 e. The van der Waals surface area contributed by atoms with Crippen LogP contribution in [0, 0.1) is 0 Å². The van der Waals surface area contributed by atoms with Gasteiger partial charge in [-0.25, -0.2) is 15.0 Å². The van der Waals surface area contributed by atoms with Crippen molar-refractivity contribution in [2.75, 3.05) is 7.11 Å². The molecule has 0 aliphatic heterocycles. The third kappa shape index (κ3) is 3.31. The Morgan fingerprint density at radius 3 is 3.08 bits per heavy atom. The van der Waals surface area contributed by atoms with E-state index in [1.54, 1.807) is 31.5 Å². The highest BCUT2D eigenvalue weighted by molar-refractivity contribution is 7.98. The van der Waals surface area contributed by atoms with Crippen molar-refractivity contribution in [2.45, 2.75) is 10.9 Å². The molecule has 0 aliphatic carbocycles. The maximum Gasteiger partial charge on any atom is 0.233 e. The molecule has 0 amide bonds. The smallest absolute Gasteiger partial charge is 0.233 e. The second kappa shape index (κ2) is 6.73. The summed E-state index contributed by atoms with van der Waals surface area (Å²) in [6.07, 6.45) is 5.59. The van der Waals surface area contributed by atoms with Crippen molar-refractivity contribution >= 4 is 29.1 Å². The summed E-state index contributed by atoms with van der Waals surface area (Å²) in [5.74, 6) is 2.62. The van der Waals surface area contributed by atoms with E-state index >= 15 is 0 Å². The van der Waals surface area contributed by atoms with E-state index in [1.165, 1.54) is 11.8 Å². The first kappa shape index (κ1) is 15.9. The lowest BCUT2D eigenvalue weighted by Crippen LogP contribution is -1.89. The lowest BCUT2D eigenvalue weighted by atomic mass is 10.2. The van der Waals surface area contributed by atoms with Crippen LogP contribution in [0.1, 0.15) is 5.69 Å². The van der Waals surface area contributed by atoms with Crippen molar-refractivity contribution in [3.8, 4) is 17.1 Å². The minimum atomic E-state index is 0.610. The lowest BCUT2D eigenvalue weighted by Gasteiger charge is -2.05. The van der Waals surface area contributed by atoms with E-state index in [2.05, 4.69) is 25.1 Å². The zero-order valence-corrected chi connectivity index (χ0v) is 14.8. The number of aromatic nitrogens is 6. The van der Waals surface area contributed by atoms with E-state index in [0.29, 0.717) is 33.3 Å². The van der Waals surface area contributed by atoms with Gasteiger partial charge in [-0.1, -0.05) is 23.4 Å². The maximum absolute atomic E-state index is 6.07. The molecule has 1 N–H and O–H groups in total. The molecular formula is C16H13ClN6OS. The van der Waals surface area contributed by atoms with Crippen molar-refractivity contribution in [2.24, 2.45) is 0 Å². The maximum atomic E-state index is 6.07. The molecular weight excluding hydrogens is 360 g/mol. The van der Waals surface area contributed by atoms with Gasteiger partial charge in [0, 0.05) is 29.4 Å². The highest BCUT2D eigenvalue weighted by Gasteiger charge is 2.13. The van der Waals surface area contributed by atoms with E-state index in [-0.39, 0.29) is 0 Å². The Morgan fingerprint density at radius 2 is 2.24 bits per heavy atom. The third-order valence-electron chi connectivity index (χ3n) is 3.52. The monoisotopic (exact) mass is 372 g/mol. The summed E-state index contributed by atoms with van der Waals surface area (Å²) in [5.41, 5.74) is 1.68. The van der Waals surface area contributed by atoms with Crippen molar-refractivity contribution in [1.29, 1.82) is 0 Å². The summed E-state index contributed by atoms with van der Waals surface area (Å²) in [6, 6.07) is 7.23. The molecule has 126 valence electrons. The molecule has 3 heterocycles. The molecule has 25 heavy (non-hydrogen) atoms. The average Bonchev–Trinajstić information content (AvgIpc) is 3.26. The van der Waals surface area contributed by atoms with Gasteiger partial charge in [0.15, 0.2) is 5.82 Å². The van der Waals surface area contributed by atoms with Crippen LogP contribution in [-0.4, -0.2) is 36.7 Å². The fraction of sp³-hybridized carbons (Fsp3) is 0.125. The summed E-state index contributed by atoms with van der Waals surface area (Å²) in [7, 11) is 1.61. The average molecular weight is 373 g/mol. The van der Waals surface area contributed by atoms with Crippen LogP contribution in [0.25, 0.3) is 17.2 Å². The van der Waals surface area contributed by atoms with Crippen LogP contribution in [0.2, 0.25) is 5.02 Å². The number of methoxy groups -OCH3 is 1. The second-order valence-electron chi connectivity index (χ2n) is 5.16. The van der Waals surface area contributed by atoms with Crippen LogP contribution in [0.4, 0.5) is 0 Å². The van der Waals surface area contributed by atoms with Gasteiger partial charge in [0.1, 0.15) is 5.75 Å². The third-order valence-corrected chi connectivity index (χ3v) is 4.63. The number of H-pyrrole nitrogens is 1. The highest BCUT2D eigenvalue weighted by Crippen LogP contribution is 2.31. The number of fused-ring (bicyclic) bond motifs is 1. The second-order valence-corrected chi connectivity index (χ2v) is 6.54. The number of nitrogens with one attached hydrogen (secondary N) is 1. The fourth-order valence-corrected chi connectivity index (χ4v) is 3.24. The Kier molecular flexibility index (Phi) is 4.29. The zero-order chi connectivity index (χ0) is 17.2. The van der Waals surface area contributed by atoms with E-state index in [1.807, 2.05) is 22.9 Å². The molecule has 0 saturated carbocycles. The van der Waals surface area contributed by atoms with Crippen molar-refractivity contribution < 1.29 is 4.74 Å². The van der Waals surface area contributed by atoms with Gasteiger partial charge in [0.05, 0.1) is 18.4 Å². The number of thioether (sulfide) groups is 1. The molecule has 1 aromatic carbocycles. The van der Waals surface area contributed by atoms with Crippen molar-refractivity contribution in [1.82, 2.24) is 29.5 Å². The van der Waals surface area contributed by atoms with Gasteiger partial charge in [-0.05, 0) is 24.3 Å². The number of halogens is 1. The Labute approximate surface area is 152 Å². The Morgan fingerprint density at radius 1 is 1.32 bits per heavy atom. The normalized spacial score (nSPS) is 11.1. The number of nitrogens with zero attached hydrogens (tertiary/aromatic N) is 5. The van der Waals surface area contributed by atoms with Crippen LogP contribution in [-0.2, 0) is 5.75 Å². The lowest BCUT2D eigenvalue weighted by molar-refractivity contribution is 0.416. The topological polar surface area (TPSA) is 81.0 Å². The summed E-state index contributed by atoms with van der Waals surface area (Å²) in [6.45, 7) is 0. The highest BCUT2D eigenvalue weighted by atomic mass is 35.5. The predicted octanol–water partition coefficient (Wildman–Crippen LogP) is 3.47. The first-order chi connectivity index (χ1) is 12.2. The van der Waals surface area contributed by atoms with E-state index in [9.17, 15) is 0 Å². The van der Waals surface area contributed by atoms with Gasteiger partial charge in [-0.3, -0.25) is 9.50 Å². The van der Waals surface area contributed by atoms with E-state index < -0.39 is 0 Å². The SMILES string of the molecule is COc1ccc(Cl)cc1-c1nc(SCc2cn3cccnc3n2)n[nH]1. The van der Waals surface area contributed by atoms with Crippen LogP contribution < -0.4 is 4.74 Å². The number of aromatic amines is 1. The molecule has 0 fully saturated rings. The fourth-order valence-electron chi connectivity index (χ4n) is 2.38. The largest absolute Gasteiger partial charge is 0.496 e. The summed E-state index contributed by atoms with van der Waals surface area (Å²) >= 11 is 7.56. The van der Waals surface area contributed by atoms with Crippen molar-refractivity contribution in [3.63, 3.8) is 0 Å². The quantitative estimate of drug-likeness (QED) is 0.540. The number of benzene rings is 1. The molecule has 0 radical (unpaired) electrons. The summed E-state index contributed by atoms with van der Waals surface area (Å²) in [5, 5.41) is 8.41. The first-order valence-corrected chi connectivity index (χ1v) is 8.77. The Bertz CT molecular complexity index is 997. The minimum absolute atomic E-state index is 0.610. The van der Waals surface area contributed by atoms with Crippen LogP contribution >= 0.6 is 23.4 Å². The van der Waals surface area contributed by atoms with Gasteiger partial charge in [0.2, 0.25) is 10.9 Å². The Hall–Kier alpha value is -2.58. The molecule has 0 aliphatic rings. The molecule has 0 saturated heterocycles.